The van der Waals surface area contributed by atoms with Crippen LogP contribution in [0.15, 0.2) is 24.9 Å². The summed E-state index contributed by atoms with van der Waals surface area (Å²) in [7, 11) is 1.28. The summed E-state index contributed by atoms with van der Waals surface area (Å²) < 4.78 is 4.51. The summed E-state index contributed by atoms with van der Waals surface area (Å²) in [5.41, 5.74) is 0.224. The van der Waals surface area contributed by atoms with Gasteiger partial charge in [0.1, 0.15) is 0 Å². The summed E-state index contributed by atoms with van der Waals surface area (Å²) in [6.45, 7) is 7.67. The topological polar surface area (TPSA) is 46.6 Å². The van der Waals surface area contributed by atoms with Crippen LogP contribution in [0.5, 0.6) is 0 Å². The van der Waals surface area contributed by atoms with Crippen molar-refractivity contribution in [2.24, 2.45) is 5.92 Å². The first-order valence-electron chi connectivity index (χ1n) is 4.32. The number of carbonyl (C=O) groups is 2. The van der Waals surface area contributed by atoms with E-state index in [-0.39, 0.29) is 11.5 Å². The van der Waals surface area contributed by atoms with Crippen LogP contribution in [0.25, 0.3) is 0 Å². The number of carbonyl (C=O) groups excluding carboxylic acids is 2. The number of amides is 1. The normalized spacial score (nSPS) is 20.8. The molecule has 0 aliphatic carbocycles. The van der Waals surface area contributed by atoms with E-state index in [4.69, 9.17) is 0 Å². The maximum Gasteiger partial charge on any atom is 0.333 e. The second-order valence-electron chi connectivity index (χ2n) is 3.07. The highest BCUT2D eigenvalue weighted by atomic mass is 16.5. The minimum absolute atomic E-state index is 0.129. The highest BCUT2D eigenvalue weighted by Gasteiger charge is 2.34. The van der Waals surface area contributed by atoms with Gasteiger partial charge in [0.15, 0.2) is 0 Å². The van der Waals surface area contributed by atoms with Gasteiger partial charge < -0.3 is 9.64 Å². The lowest BCUT2D eigenvalue weighted by Crippen LogP contribution is -2.24. The van der Waals surface area contributed by atoms with Crippen molar-refractivity contribution in [3.63, 3.8) is 0 Å². The molecule has 1 aliphatic rings. The molecule has 0 aromatic rings. The number of rotatable bonds is 3. The van der Waals surface area contributed by atoms with Crippen LogP contribution < -0.4 is 0 Å². The molecule has 1 saturated heterocycles. The minimum Gasteiger partial charge on any atom is -0.466 e. The van der Waals surface area contributed by atoms with E-state index < -0.39 is 11.9 Å². The van der Waals surface area contributed by atoms with E-state index in [1.165, 1.54) is 18.2 Å². The third kappa shape index (κ3) is 1.69. The highest BCUT2D eigenvalue weighted by Crippen LogP contribution is 2.24. The Morgan fingerprint density at radius 3 is 2.79 bits per heavy atom. The molecule has 0 saturated carbocycles. The summed E-state index contributed by atoms with van der Waals surface area (Å²) in [4.78, 5) is 24.2. The number of nitrogens with zero attached hydrogens (tertiary/aromatic N) is 1. The number of hydrogen-bond donors (Lipinski definition) is 0. The zero-order chi connectivity index (χ0) is 10.7. The first kappa shape index (κ1) is 10.5. The third-order valence-electron chi connectivity index (χ3n) is 2.33. The Balaban J connectivity index is 2.72. The van der Waals surface area contributed by atoms with Crippen molar-refractivity contribution in [3.8, 4) is 0 Å². The minimum atomic E-state index is -0.519. The van der Waals surface area contributed by atoms with Gasteiger partial charge in [-0.2, -0.15) is 0 Å². The van der Waals surface area contributed by atoms with Crippen LogP contribution in [-0.2, 0) is 14.3 Å². The second-order valence-corrected chi connectivity index (χ2v) is 3.07. The maximum atomic E-state index is 11.6. The van der Waals surface area contributed by atoms with Gasteiger partial charge in [0.25, 0.3) is 0 Å². The van der Waals surface area contributed by atoms with E-state index in [2.05, 4.69) is 17.9 Å². The van der Waals surface area contributed by atoms with Gasteiger partial charge in [-0.1, -0.05) is 13.2 Å². The largest absolute Gasteiger partial charge is 0.466 e. The van der Waals surface area contributed by atoms with Gasteiger partial charge >= 0.3 is 5.97 Å². The predicted octanol–water partition coefficient (Wildman–Crippen LogP) is 0.708. The van der Waals surface area contributed by atoms with Crippen molar-refractivity contribution >= 4 is 11.9 Å². The van der Waals surface area contributed by atoms with E-state index in [1.54, 1.807) is 0 Å². The average Bonchev–Trinajstić information content (AvgIpc) is 2.57. The lowest BCUT2D eigenvalue weighted by atomic mass is 9.99. The highest BCUT2D eigenvalue weighted by molar-refractivity contribution is 5.97. The van der Waals surface area contributed by atoms with Crippen LogP contribution in [0.3, 0.4) is 0 Å². The van der Waals surface area contributed by atoms with Crippen LogP contribution in [0, 0.1) is 5.92 Å². The molecule has 1 heterocycles. The molecule has 1 rings (SSSR count). The van der Waals surface area contributed by atoms with E-state index in [9.17, 15) is 9.59 Å². The SMILES string of the molecule is C=CN1CCC(C(=C)C(=O)OC)C1=O. The van der Waals surface area contributed by atoms with Gasteiger partial charge in [-0.05, 0) is 12.6 Å². The Hall–Kier alpha value is -1.58. The van der Waals surface area contributed by atoms with Gasteiger partial charge in [-0.25, -0.2) is 4.79 Å². The number of hydrogen-bond acceptors (Lipinski definition) is 3. The molecule has 1 aliphatic heterocycles. The molecule has 1 amide bonds. The predicted molar refractivity (Wildman–Crippen MR) is 51.2 cm³/mol. The third-order valence-corrected chi connectivity index (χ3v) is 2.33. The molecule has 4 nitrogen and oxygen atoms in total. The smallest absolute Gasteiger partial charge is 0.333 e. The van der Waals surface area contributed by atoms with Gasteiger partial charge in [0.2, 0.25) is 5.91 Å². The number of likely N-dealkylation sites (tertiary alicyclic amines) is 1. The molecular weight excluding hydrogens is 182 g/mol. The zero-order valence-corrected chi connectivity index (χ0v) is 8.16. The fourth-order valence-electron chi connectivity index (χ4n) is 1.48. The van der Waals surface area contributed by atoms with Gasteiger partial charge in [-0.3, -0.25) is 4.79 Å². The first-order valence-corrected chi connectivity index (χ1v) is 4.32. The molecule has 0 N–H and O–H groups in total. The average molecular weight is 195 g/mol. The van der Waals surface area contributed by atoms with E-state index >= 15 is 0 Å². The van der Waals surface area contributed by atoms with Crippen molar-refractivity contribution in [1.29, 1.82) is 0 Å². The molecule has 0 aromatic carbocycles. The fourth-order valence-corrected chi connectivity index (χ4v) is 1.48. The molecule has 0 aromatic heterocycles. The lowest BCUT2D eigenvalue weighted by Gasteiger charge is -2.11. The summed E-state index contributed by atoms with van der Waals surface area (Å²) in [5.74, 6) is -1.09. The van der Waals surface area contributed by atoms with Gasteiger partial charge in [-0.15, -0.1) is 0 Å². The fraction of sp³-hybridized carbons (Fsp3) is 0.400. The monoisotopic (exact) mass is 195 g/mol. The Bertz CT molecular complexity index is 296. The molecule has 0 bridgehead atoms. The lowest BCUT2D eigenvalue weighted by molar-refractivity contribution is -0.138. The molecule has 1 unspecified atom stereocenters. The standard InChI is InChI=1S/C10H13NO3/c1-4-11-6-5-8(9(11)12)7(2)10(13)14-3/h4,8H,1-2,5-6H2,3H3. The molecule has 0 spiro atoms. The first-order chi connectivity index (χ1) is 6.61. The molecule has 1 fully saturated rings. The van der Waals surface area contributed by atoms with E-state index in [1.807, 2.05) is 0 Å². The summed E-state index contributed by atoms with van der Waals surface area (Å²) in [6.07, 6.45) is 2.06. The van der Waals surface area contributed by atoms with Crippen LogP contribution in [0.2, 0.25) is 0 Å². The Morgan fingerprint density at radius 1 is 1.71 bits per heavy atom. The molecular formula is C10H13NO3. The Morgan fingerprint density at radius 2 is 2.36 bits per heavy atom. The van der Waals surface area contributed by atoms with E-state index in [0.717, 1.165) is 0 Å². The van der Waals surface area contributed by atoms with Crippen LogP contribution >= 0.6 is 0 Å². The van der Waals surface area contributed by atoms with Crippen molar-refractivity contribution in [2.75, 3.05) is 13.7 Å². The van der Waals surface area contributed by atoms with Crippen molar-refractivity contribution in [1.82, 2.24) is 4.90 Å². The quantitative estimate of drug-likeness (QED) is 0.492. The summed E-state index contributed by atoms with van der Waals surface area (Å²) in [6, 6.07) is 0. The zero-order valence-electron chi connectivity index (χ0n) is 8.16. The van der Waals surface area contributed by atoms with Crippen molar-refractivity contribution in [3.05, 3.63) is 24.9 Å². The second kappa shape index (κ2) is 4.09. The Labute approximate surface area is 82.8 Å². The van der Waals surface area contributed by atoms with Crippen molar-refractivity contribution in [2.45, 2.75) is 6.42 Å². The molecule has 14 heavy (non-hydrogen) atoms. The van der Waals surface area contributed by atoms with Crippen molar-refractivity contribution < 1.29 is 14.3 Å². The maximum absolute atomic E-state index is 11.6. The number of ether oxygens (including phenoxy) is 1. The van der Waals surface area contributed by atoms with Crippen LogP contribution in [0.4, 0.5) is 0 Å². The molecule has 0 radical (unpaired) electrons. The summed E-state index contributed by atoms with van der Waals surface area (Å²) in [5, 5.41) is 0. The van der Waals surface area contributed by atoms with Gasteiger partial charge in [0, 0.05) is 12.1 Å². The number of methoxy groups -OCH3 is 1. The van der Waals surface area contributed by atoms with Crippen LogP contribution in [-0.4, -0.2) is 30.4 Å². The van der Waals surface area contributed by atoms with Crippen LogP contribution in [0.1, 0.15) is 6.42 Å². The molecule has 4 heteroatoms. The molecule has 1 atom stereocenters. The summed E-state index contributed by atoms with van der Waals surface area (Å²) >= 11 is 0. The number of esters is 1. The van der Waals surface area contributed by atoms with E-state index in [0.29, 0.717) is 13.0 Å². The van der Waals surface area contributed by atoms with Gasteiger partial charge in [0.05, 0.1) is 13.0 Å². The Kier molecular flexibility index (Phi) is 3.06. The molecule has 76 valence electrons.